The second-order valence-electron chi connectivity index (χ2n) is 8.00. The predicted octanol–water partition coefficient (Wildman–Crippen LogP) is 3.96. The van der Waals surface area contributed by atoms with Gasteiger partial charge in [0.1, 0.15) is 6.04 Å². The zero-order chi connectivity index (χ0) is 24.8. The fraction of sp³-hybridized carbons (Fsp3) is 0.346. The van der Waals surface area contributed by atoms with Crippen LogP contribution in [0.4, 0.5) is 0 Å². The van der Waals surface area contributed by atoms with E-state index in [9.17, 15) is 9.59 Å². The number of para-hydroxylation sites is 1. The maximum Gasteiger partial charge on any atom is 0.252 e. The molecule has 0 fully saturated rings. The molecule has 0 aliphatic heterocycles. The summed E-state index contributed by atoms with van der Waals surface area (Å²) >= 11 is 0. The topological polar surface area (TPSA) is 98.8 Å². The van der Waals surface area contributed by atoms with E-state index in [-0.39, 0.29) is 17.9 Å². The highest BCUT2D eigenvalue weighted by molar-refractivity contribution is 6.08. The summed E-state index contributed by atoms with van der Waals surface area (Å²) in [6.45, 7) is 5.58. The first kappa shape index (κ1) is 24.8. The van der Waals surface area contributed by atoms with E-state index in [2.05, 4.69) is 10.6 Å². The maximum absolute atomic E-state index is 13.3. The van der Waals surface area contributed by atoms with Crippen LogP contribution in [0.3, 0.4) is 0 Å². The van der Waals surface area contributed by atoms with E-state index >= 15 is 0 Å². The smallest absolute Gasteiger partial charge is 0.252 e. The van der Waals surface area contributed by atoms with Crippen LogP contribution in [-0.4, -0.2) is 50.2 Å². The average molecular weight is 466 g/mol. The number of benzene rings is 2. The van der Waals surface area contributed by atoms with Crippen molar-refractivity contribution in [1.82, 2.24) is 15.6 Å². The number of hydrogen-bond donors (Lipinski definition) is 2. The number of hydrogen-bond acceptors (Lipinski definition) is 6. The first-order chi connectivity index (χ1) is 16.3. The van der Waals surface area contributed by atoms with Gasteiger partial charge in [0.05, 0.1) is 38.1 Å². The molecule has 0 aliphatic carbocycles. The minimum atomic E-state index is -0.696. The molecule has 3 rings (SSSR count). The highest BCUT2D eigenvalue weighted by atomic mass is 16.5. The average Bonchev–Trinajstić information content (AvgIpc) is 2.86. The quantitative estimate of drug-likeness (QED) is 0.496. The molecule has 1 heterocycles. The molecule has 2 N–H and O–H groups in total. The zero-order valence-electron chi connectivity index (χ0n) is 20.4. The molecule has 0 spiro atoms. The number of nitrogens with zero attached hydrogens (tertiary/aromatic N) is 1. The molecule has 0 saturated heterocycles. The summed E-state index contributed by atoms with van der Waals surface area (Å²) in [4.78, 5) is 30.5. The third kappa shape index (κ3) is 5.22. The van der Waals surface area contributed by atoms with Crippen LogP contribution in [0.2, 0.25) is 0 Å². The molecule has 0 bridgehead atoms. The van der Waals surface area contributed by atoms with Crippen LogP contribution in [0.25, 0.3) is 22.2 Å². The van der Waals surface area contributed by atoms with Gasteiger partial charge in [-0.05, 0) is 44.5 Å². The fourth-order valence-corrected chi connectivity index (χ4v) is 3.55. The van der Waals surface area contributed by atoms with E-state index in [1.54, 1.807) is 39.3 Å². The van der Waals surface area contributed by atoms with Crippen LogP contribution < -0.4 is 24.8 Å². The van der Waals surface area contributed by atoms with Crippen molar-refractivity contribution in [2.75, 3.05) is 21.3 Å². The van der Waals surface area contributed by atoms with Crippen molar-refractivity contribution in [3.05, 3.63) is 48.0 Å². The lowest BCUT2D eigenvalue weighted by Crippen LogP contribution is -2.47. The minimum Gasteiger partial charge on any atom is -0.493 e. The van der Waals surface area contributed by atoms with Gasteiger partial charge in [0, 0.05) is 17.0 Å². The summed E-state index contributed by atoms with van der Waals surface area (Å²) in [5.41, 5.74) is 2.31. The predicted molar refractivity (Wildman–Crippen MR) is 132 cm³/mol. The van der Waals surface area contributed by atoms with Crippen molar-refractivity contribution in [3.63, 3.8) is 0 Å². The highest BCUT2D eigenvalue weighted by Gasteiger charge is 2.21. The van der Waals surface area contributed by atoms with Gasteiger partial charge in [-0.2, -0.15) is 0 Å². The van der Waals surface area contributed by atoms with E-state index in [0.29, 0.717) is 45.0 Å². The lowest BCUT2D eigenvalue weighted by atomic mass is 10.0. The highest BCUT2D eigenvalue weighted by Crippen LogP contribution is 2.41. The van der Waals surface area contributed by atoms with Crippen LogP contribution in [0, 0.1) is 0 Å². The Morgan fingerprint density at radius 3 is 2.18 bits per heavy atom. The van der Waals surface area contributed by atoms with Gasteiger partial charge < -0.3 is 24.8 Å². The van der Waals surface area contributed by atoms with Crippen molar-refractivity contribution in [2.24, 2.45) is 0 Å². The van der Waals surface area contributed by atoms with Crippen LogP contribution in [0.1, 0.15) is 37.6 Å². The van der Waals surface area contributed by atoms with Crippen LogP contribution >= 0.6 is 0 Å². The molecular formula is C26H31N3O5. The van der Waals surface area contributed by atoms with Crippen molar-refractivity contribution < 1.29 is 23.8 Å². The monoisotopic (exact) mass is 465 g/mol. The first-order valence-electron chi connectivity index (χ1n) is 11.1. The summed E-state index contributed by atoms with van der Waals surface area (Å²) in [6, 6.07) is 12.0. The molecular weight excluding hydrogens is 434 g/mol. The van der Waals surface area contributed by atoms with Gasteiger partial charge in [-0.3, -0.25) is 9.59 Å². The Balaban J connectivity index is 2.05. The normalized spacial score (nSPS) is 12.5. The number of rotatable bonds is 9. The van der Waals surface area contributed by atoms with Gasteiger partial charge in [-0.25, -0.2) is 4.98 Å². The van der Waals surface area contributed by atoms with Crippen molar-refractivity contribution in [2.45, 2.75) is 39.3 Å². The molecule has 0 radical (unpaired) electrons. The van der Waals surface area contributed by atoms with Gasteiger partial charge in [-0.1, -0.05) is 25.1 Å². The third-order valence-electron chi connectivity index (χ3n) is 5.66. The van der Waals surface area contributed by atoms with E-state index < -0.39 is 6.04 Å². The Morgan fingerprint density at radius 2 is 1.59 bits per heavy atom. The van der Waals surface area contributed by atoms with Gasteiger partial charge in [0.15, 0.2) is 11.5 Å². The molecule has 180 valence electrons. The number of nitrogens with one attached hydrogen (secondary N) is 2. The van der Waals surface area contributed by atoms with Gasteiger partial charge in [0.25, 0.3) is 5.91 Å². The number of aromatic nitrogens is 1. The first-order valence-corrected chi connectivity index (χ1v) is 11.1. The number of fused-ring (bicyclic) bond motifs is 1. The summed E-state index contributed by atoms with van der Waals surface area (Å²) in [5.74, 6) is 0.833. The van der Waals surface area contributed by atoms with Crippen molar-refractivity contribution >= 4 is 22.7 Å². The lowest BCUT2D eigenvalue weighted by Gasteiger charge is -2.18. The maximum atomic E-state index is 13.3. The summed E-state index contributed by atoms with van der Waals surface area (Å²) in [6.07, 6.45) is 0.805. The van der Waals surface area contributed by atoms with Crippen LogP contribution in [0.5, 0.6) is 17.2 Å². The molecule has 8 nitrogen and oxygen atoms in total. The van der Waals surface area contributed by atoms with Crippen molar-refractivity contribution in [3.8, 4) is 28.5 Å². The molecule has 8 heteroatoms. The fourth-order valence-electron chi connectivity index (χ4n) is 3.55. The second kappa shape index (κ2) is 10.9. The Bertz CT molecular complexity index is 1170. The third-order valence-corrected chi connectivity index (χ3v) is 5.66. The Kier molecular flexibility index (Phi) is 7.94. The molecule has 0 saturated carbocycles. The molecule has 1 aromatic heterocycles. The van der Waals surface area contributed by atoms with E-state index in [0.717, 1.165) is 6.42 Å². The summed E-state index contributed by atoms with van der Waals surface area (Å²) in [5, 5.41) is 6.39. The second-order valence-corrected chi connectivity index (χ2v) is 8.00. The molecule has 0 aliphatic rings. The van der Waals surface area contributed by atoms with Crippen LogP contribution in [0.15, 0.2) is 42.5 Å². The summed E-state index contributed by atoms with van der Waals surface area (Å²) < 4.78 is 16.3. The van der Waals surface area contributed by atoms with Gasteiger partial charge in [-0.15, -0.1) is 0 Å². The minimum absolute atomic E-state index is 0.0280. The van der Waals surface area contributed by atoms with Crippen LogP contribution in [-0.2, 0) is 4.79 Å². The van der Waals surface area contributed by atoms with E-state index in [4.69, 9.17) is 19.2 Å². The standard InChI is InChI=1S/C26H31N3O5/c1-7-15(2)27-25(30)16(3)28-26(31)19-14-21(29-20-11-9-8-10-18(19)20)17-12-22(32-4)24(34-6)23(13-17)33-5/h8-16H,7H2,1-6H3,(H,27,30)(H,28,31). The Hall–Kier alpha value is -3.81. The molecule has 3 aromatic rings. The Morgan fingerprint density at radius 1 is 0.941 bits per heavy atom. The van der Waals surface area contributed by atoms with Crippen molar-refractivity contribution in [1.29, 1.82) is 0 Å². The Labute approximate surface area is 199 Å². The van der Waals surface area contributed by atoms with E-state index in [1.807, 2.05) is 38.1 Å². The SMILES string of the molecule is CCC(C)NC(=O)C(C)NC(=O)c1cc(-c2cc(OC)c(OC)c(OC)c2)nc2ccccc12. The molecule has 2 unspecified atom stereocenters. The number of amides is 2. The number of ether oxygens (including phenoxy) is 3. The molecule has 2 amide bonds. The lowest BCUT2D eigenvalue weighted by molar-refractivity contribution is -0.123. The molecule has 2 aromatic carbocycles. The number of pyridine rings is 1. The summed E-state index contributed by atoms with van der Waals surface area (Å²) in [7, 11) is 4.62. The zero-order valence-corrected chi connectivity index (χ0v) is 20.4. The largest absolute Gasteiger partial charge is 0.493 e. The molecule has 2 atom stereocenters. The van der Waals surface area contributed by atoms with Gasteiger partial charge >= 0.3 is 0 Å². The number of carbonyl (C=O) groups is 2. The number of carbonyl (C=O) groups excluding carboxylic acids is 2. The van der Waals surface area contributed by atoms with E-state index in [1.165, 1.54) is 7.11 Å². The van der Waals surface area contributed by atoms with Gasteiger partial charge in [0.2, 0.25) is 11.7 Å². The molecule has 34 heavy (non-hydrogen) atoms. The number of methoxy groups -OCH3 is 3.